The van der Waals surface area contributed by atoms with Crippen LogP contribution in [0, 0.1) is 0 Å². The van der Waals surface area contributed by atoms with Crippen molar-refractivity contribution in [2.24, 2.45) is 0 Å². The number of fused-ring (bicyclic) bond motifs is 1. The zero-order chi connectivity index (χ0) is 18.4. The first-order valence-corrected chi connectivity index (χ1v) is 8.56. The lowest BCUT2D eigenvalue weighted by molar-refractivity contribution is 0.0944. The molecule has 1 heterocycles. The number of hydrazine groups is 1. The van der Waals surface area contributed by atoms with E-state index in [0.717, 1.165) is 17.9 Å². The smallest absolute Gasteiger partial charge is 0.269 e. The van der Waals surface area contributed by atoms with E-state index in [1.165, 1.54) is 0 Å². The van der Waals surface area contributed by atoms with Gasteiger partial charge in [0.25, 0.3) is 5.91 Å². The number of ether oxygens (including phenoxy) is 3. The second-order valence-corrected chi connectivity index (χ2v) is 5.88. The van der Waals surface area contributed by atoms with E-state index in [2.05, 4.69) is 16.2 Å². The number of carbonyl (C=O) groups is 1. The van der Waals surface area contributed by atoms with Gasteiger partial charge in [-0.1, -0.05) is 6.92 Å². The number of benzene rings is 2. The molecule has 3 rings (SSSR count). The van der Waals surface area contributed by atoms with E-state index in [1.807, 2.05) is 6.92 Å². The topological polar surface area (TPSA) is 80.9 Å². The number of carbonyl (C=O) groups excluding carboxylic acids is 1. The normalized spacial score (nSPS) is 11.6. The van der Waals surface area contributed by atoms with Crippen molar-refractivity contribution in [3.8, 4) is 17.2 Å². The molecule has 1 aliphatic rings. The molecule has 0 radical (unpaired) electrons. The second kappa shape index (κ2) is 8.39. The predicted molar refractivity (Wildman–Crippen MR) is 102 cm³/mol. The van der Waals surface area contributed by atoms with Crippen LogP contribution in [-0.2, 0) is 0 Å². The van der Waals surface area contributed by atoms with Gasteiger partial charge in [-0.25, -0.2) is 0 Å². The van der Waals surface area contributed by atoms with Crippen molar-refractivity contribution in [1.82, 2.24) is 10.9 Å². The van der Waals surface area contributed by atoms with E-state index in [9.17, 15) is 4.79 Å². The Morgan fingerprint density at radius 3 is 2.65 bits per heavy atom. The Labute approximate surface area is 156 Å². The Morgan fingerprint density at radius 2 is 1.88 bits per heavy atom. The van der Waals surface area contributed by atoms with E-state index in [1.54, 1.807) is 42.5 Å². The van der Waals surface area contributed by atoms with Crippen LogP contribution in [0.1, 0.15) is 23.7 Å². The molecule has 0 atom stereocenters. The zero-order valence-electron chi connectivity index (χ0n) is 14.2. The Balaban J connectivity index is 1.48. The van der Waals surface area contributed by atoms with Crippen molar-refractivity contribution >= 4 is 28.9 Å². The molecule has 0 bridgehead atoms. The van der Waals surface area contributed by atoms with Gasteiger partial charge < -0.3 is 19.5 Å². The molecule has 136 valence electrons. The lowest BCUT2D eigenvalue weighted by Gasteiger charge is -2.12. The molecule has 2 aromatic rings. The van der Waals surface area contributed by atoms with Gasteiger partial charge in [0, 0.05) is 17.3 Å². The average molecular weight is 373 g/mol. The largest absolute Gasteiger partial charge is 0.494 e. The molecular formula is C18H19N3O4S. The number of anilines is 1. The Bertz CT molecular complexity index is 796. The van der Waals surface area contributed by atoms with Gasteiger partial charge in [-0.3, -0.25) is 15.6 Å². The maximum absolute atomic E-state index is 12.1. The fourth-order valence-electron chi connectivity index (χ4n) is 2.24. The summed E-state index contributed by atoms with van der Waals surface area (Å²) in [6.07, 6.45) is 0.931. The molecule has 1 amide bonds. The summed E-state index contributed by atoms with van der Waals surface area (Å²) < 4.78 is 16.0. The number of hydrogen-bond donors (Lipinski definition) is 3. The summed E-state index contributed by atoms with van der Waals surface area (Å²) in [5.41, 5.74) is 6.42. The molecule has 2 aromatic carbocycles. The minimum absolute atomic E-state index is 0.208. The number of nitrogens with one attached hydrogen (secondary N) is 3. The quantitative estimate of drug-likeness (QED) is 0.549. The minimum atomic E-state index is -0.304. The molecule has 1 aliphatic heterocycles. The summed E-state index contributed by atoms with van der Waals surface area (Å²) in [6, 6.07) is 12.3. The molecule has 7 nitrogen and oxygen atoms in total. The molecule has 3 N–H and O–H groups in total. The molecule has 0 spiro atoms. The SMILES string of the molecule is CCCOc1ccc(C(=O)NNC(=S)Nc2ccc3c(c2)OCO3)cc1. The minimum Gasteiger partial charge on any atom is -0.494 e. The van der Waals surface area contributed by atoms with Crippen LogP contribution >= 0.6 is 12.2 Å². The average Bonchev–Trinajstić information content (AvgIpc) is 3.12. The standard InChI is InChI=1S/C18H19N3O4S/c1-2-9-23-14-6-3-12(4-7-14)17(22)20-21-18(26)19-13-5-8-15-16(10-13)25-11-24-15/h3-8,10H,2,9,11H2,1H3,(H,20,22)(H2,19,21,26). The van der Waals surface area contributed by atoms with Gasteiger partial charge in [0.15, 0.2) is 16.6 Å². The van der Waals surface area contributed by atoms with Gasteiger partial charge in [-0.15, -0.1) is 0 Å². The highest BCUT2D eigenvalue weighted by Gasteiger charge is 2.13. The summed E-state index contributed by atoms with van der Waals surface area (Å²) >= 11 is 5.17. The van der Waals surface area contributed by atoms with Crippen molar-refractivity contribution in [2.75, 3.05) is 18.7 Å². The van der Waals surface area contributed by atoms with Crippen LogP contribution in [-0.4, -0.2) is 24.4 Å². The van der Waals surface area contributed by atoms with Gasteiger partial charge in [-0.2, -0.15) is 0 Å². The summed E-state index contributed by atoms with van der Waals surface area (Å²) in [5.74, 6) is 1.76. The van der Waals surface area contributed by atoms with Gasteiger partial charge in [0.2, 0.25) is 6.79 Å². The first-order valence-electron chi connectivity index (χ1n) is 8.15. The van der Waals surface area contributed by atoms with Crippen LogP contribution in [0.4, 0.5) is 5.69 Å². The predicted octanol–water partition coefficient (Wildman–Crippen LogP) is 2.84. The Hall–Kier alpha value is -3.00. The first-order chi connectivity index (χ1) is 12.7. The highest BCUT2D eigenvalue weighted by Crippen LogP contribution is 2.34. The van der Waals surface area contributed by atoms with Crippen LogP contribution in [0.3, 0.4) is 0 Å². The lowest BCUT2D eigenvalue weighted by atomic mass is 10.2. The third kappa shape index (κ3) is 4.54. The van der Waals surface area contributed by atoms with Gasteiger partial charge in [-0.05, 0) is 55.0 Å². The number of rotatable bonds is 5. The lowest BCUT2D eigenvalue weighted by Crippen LogP contribution is -2.43. The Kier molecular flexibility index (Phi) is 5.75. The van der Waals surface area contributed by atoms with Crippen molar-refractivity contribution in [3.05, 3.63) is 48.0 Å². The van der Waals surface area contributed by atoms with Gasteiger partial charge in [0.1, 0.15) is 5.75 Å². The zero-order valence-corrected chi connectivity index (χ0v) is 15.0. The van der Waals surface area contributed by atoms with Crippen molar-refractivity contribution in [1.29, 1.82) is 0 Å². The van der Waals surface area contributed by atoms with E-state index in [0.29, 0.717) is 23.7 Å². The maximum Gasteiger partial charge on any atom is 0.269 e. The molecule has 26 heavy (non-hydrogen) atoms. The number of thiocarbonyl (C=S) groups is 1. The molecule has 0 unspecified atom stereocenters. The third-order valence-electron chi connectivity index (χ3n) is 3.51. The van der Waals surface area contributed by atoms with E-state index in [4.69, 9.17) is 26.4 Å². The second-order valence-electron chi connectivity index (χ2n) is 5.47. The number of amides is 1. The van der Waals surface area contributed by atoms with E-state index in [-0.39, 0.29) is 17.8 Å². The van der Waals surface area contributed by atoms with Gasteiger partial charge >= 0.3 is 0 Å². The fraction of sp³-hybridized carbons (Fsp3) is 0.222. The summed E-state index contributed by atoms with van der Waals surface area (Å²) in [5, 5.41) is 3.21. The fourth-order valence-corrected chi connectivity index (χ4v) is 2.41. The van der Waals surface area contributed by atoms with Crippen LogP contribution in [0.25, 0.3) is 0 Å². The van der Waals surface area contributed by atoms with Crippen molar-refractivity contribution in [3.63, 3.8) is 0 Å². The van der Waals surface area contributed by atoms with Crippen molar-refractivity contribution < 1.29 is 19.0 Å². The molecule has 0 aliphatic carbocycles. The highest BCUT2D eigenvalue weighted by atomic mass is 32.1. The summed E-state index contributed by atoms with van der Waals surface area (Å²) in [7, 11) is 0. The summed E-state index contributed by atoms with van der Waals surface area (Å²) in [4.78, 5) is 12.1. The van der Waals surface area contributed by atoms with Crippen LogP contribution in [0.15, 0.2) is 42.5 Å². The third-order valence-corrected chi connectivity index (χ3v) is 3.71. The molecule has 8 heteroatoms. The molecule has 0 fully saturated rings. The molecular weight excluding hydrogens is 354 g/mol. The van der Waals surface area contributed by atoms with E-state index < -0.39 is 0 Å². The van der Waals surface area contributed by atoms with E-state index >= 15 is 0 Å². The summed E-state index contributed by atoms with van der Waals surface area (Å²) in [6.45, 7) is 2.89. The first kappa shape index (κ1) is 17.8. The van der Waals surface area contributed by atoms with Crippen LogP contribution < -0.4 is 30.4 Å². The Morgan fingerprint density at radius 1 is 1.12 bits per heavy atom. The van der Waals surface area contributed by atoms with Crippen LogP contribution in [0.2, 0.25) is 0 Å². The molecule has 0 saturated carbocycles. The maximum atomic E-state index is 12.1. The number of hydrogen-bond acceptors (Lipinski definition) is 5. The van der Waals surface area contributed by atoms with Crippen LogP contribution in [0.5, 0.6) is 17.2 Å². The van der Waals surface area contributed by atoms with Crippen molar-refractivity contribution in [2.45, 2.75) is 13.3 Å². The molecule has 0 aromatic heterocycles. The van der Waals surface area contributed by atoms with Gasteiger partial charge in [0.05, 0.1) is 6.61 Å². The molecule has 0 saturated heterocycles. The monoisotopic (exact) mass is 373 g/mol. The highest BCUT2D eigenvalue weighted by molar-refractivity contribution is 7.80.